The van der Waals surface area contributed by atoms with E-state index >= 15 is 0 Å². The number of nitrogens with one attached hydrogen (secondary N) is 1. The van der Waals surface area contributed by atoms with E-state index in [1.54, 1.807) is 11.0 Å². The number of carbonyl (C=O) groups is 1. The fraction of sp³-hybridized carbons (Fsp3) is 0.500. The second kappa shape index (κ2) is 6.79. The molecule has 1 aromatic carbocycles. The molecule has 1 heterocycles. The van der Waals surface area contributed by atoms with E-state index in [4.69, 9.17) is 0 Å². The van der Waals surface area contributed by atoms with Crippen LogP contribution in [0, 0.1) is 5.82 Å². The molecule has 1 saturated heterocycles. The molecule has 0 aromatic heterocycles. The van der Waals surface area contributed by atoms with Crippen molar-refractivity contribution >= 4 is 34.3 Å². The minimum absolute atomic E-state index is 0.135. The van der Waals surface area contributed by atoms with Crippen LogP contribution in [-0.4, -0.2) is 45.0 Å². The van der Waals surface area contributed by atoms with Crippen molar-refractivity contribution < 1.29 is 13.4 Å². The fourth-order valence-corrected chi connectivity index (χ4v) is 3.92. The highest BCUT2D eigenvalue weighted by atomic mass is 32.2. The van der Waals surface area contributed by atoms with E-state index in [2.05, 4.69) is 12.2 Å². The van der Waals surface area contributed by atoms with E-state index in [1.807, 2.05) is 18.7 Å². The van der Waals surface area contributed by atoms with Gasteiger partial charge in [-0.25, -0.2) is 9.18 Å². The summed E-state index contributed by atoms with van der Waals surface area (Å²) in [6.07, 6.45) is 1.42. The number of amides is 2. The summed E-state index contributed by atoms with van der Waals surface area (Å²) in [4.78, 5) is 14.2. The van der Waals surface area contributed by atoms with Crippen LogP contribution in [-0.2, 0) is 10.8 Å². The highest BCUT2D eigenvalue weighted by Gasteiger charge is 2.28. The average Bonchev–Trinajstić information content (AvgIpc) is 2.41. The third-order valence-electron chi connectivity index (χ3n) is 3.64. The number of nitrogens with zero attached hydrogens (tertiary/aromatic N) is 1. The minimum atomic E-state index is -1.38. The van der Waals surface area contributed by atoms with Crippen molar-refractivity contribution in [3.63, 3.8) is 0 Å². The van der Waals surface area contributed by atoms with Crippen LogP contribution in [0.15, 0.2) is 23.1 Å². The predicted molar refractivity (Wildman–Crippen MR) is 85.8 cm³/mol. The molecule has 0 spiro atoms. The predicted octanol–water partition coefficient (Wildman–Crippen LogP) is 2.92. The van der Waals surface area contributed by atoms with E-state index in [0.717, 1.165) is 5.75 Å². The van der Waals surface area contributed by atoms with Crippen molar-refractivity contribution in [1.29, 1.82) is 0 Å². The van der Waals surface area contributed by atoms with Crippen LogP contribution >= 0.6 is 11.8 Å². The van der Waals surface area contributed by atoms with Gasteiger partial charge >= 0.3 is 6.03 Å². The first-order valence-corrected chi connectivity index (χ1v) is 9.33. The Bertz CT molecular complexity index is 568. The zero-order valence-corrected chi connectivity index (χ0v) is 13.9. The summed E-state index contributed by atoms with van der Waals surface area (Å²) in [6, 6.07) is 4.14. The molecular weight excluding hydrogens is 311 g/mol. The molecule has 4 nitrogen and oxygen atoms in total. The van der Waals surface area contributed by atoms with Crippen LogP contribution in [0.2, 0.25) is 0 Å². The molecule has 7 heteroatoms. The average molecular weight is 330 g/mol. The summed E-state index contributed by atoms with van der Waals surface area (Å²) in [5.41, 5.74) is 0.379. The monoisotopic (exact) mass is 330 g/mol. The molecule has 1 N–H and O–H groups in total. The van der Waals surface area contributed by atoms with Gasteiger partial charge in [-0.05, 0) is 25.1 Å². The van der Waals surface area contributed by atoms with Gasteiger partial charge < -0.3 is 10.2 Å². The van der Waals surface area contributed by atoms with Crippen LogP contribution in [0.5, 0.6) is 0 Å². The lowest BCUT2D eigenvalue weighted by Crippen LogP contribution is -2.49. The van der Waals surface area contributed by atoms with E-state index in [9.17, 15) is 13.4 Å². The van der Waals surface area contributed by atoms with Gasteiger partial charge in [0.25, 0.3) is 0 Å². The Morgan fingerprint density at radius 3 is 2.81 bits per heavy atom. The highest BCUT2D eigenvalue weighted by Crippen LogP contribution is 2.25. The topological polar surface area (TPSA) is 49.4 Å². The summed E-state index contributed by atoms with van der Waals surface area (Å²) in [6.45, 7) is 4.79. The summed E-state index contributed by atoms with van der Waals surface area (Å²) < 4.78 is 25.1. The van der Waals surface area contributed by atoms with Gasteiger partial charge in [0.15, 0.2) is 0 Å². The molecule has 21 heavy (non-hydrogen) atoms. The van der Waals surface area contributed by atoms with Gasteiger partial charge in [0.05, 0.1) is 15.7 Å². The van der Waals surface area contributed by atoms with Crippen molar-refractivity contribution in [2.24, 2.45) is 0 Å². The fourth-order valence-electron chi connectivity index (χ4n) is 2.23. The number of halogens is 1. The first-order valence-electron chi connectivity index (χ1n) is 6.72. The molecule has 1 aromatic rings. The van der Waals surface area contributed by atoms with Gasteiger partial charge in [-0.3, -0.25) is 4.21 Å². The summed E-state index contributed by atoms with van der Waals surface area (Å²) in [7, 11) is -1.38. The number of thioether (sulfide) groups is 1. The lowest BCUT2D eigenvalue weighted by Gasteiger charge is -2.37. The lowest BCUT2D eigenvalue weighted by atomic mass is 10.2. The van der Waals surface area contributed by atoms with Crippen LogP contribution in [0.1, 0.15) is 13.8 Å². The number of anilines is 1. The Hall–Kier alpha value is -1.08. The molecule has 0 unspecified atom stereocenters. The molecule has 1 fully saturated rings. The molecule has 0 aliphatic carbocycles. The standard InChI is InChI=1S/C14H19FN2O2S2/c1-9-10(2)20-7-6-17(9)14(18)16-11-4-5-13(21(3)19)12(15)8-11/h4-5,8-10H,6-7H2,1-3H3,(H,16,18)/t9-,10+,21+/m1/s1. The number of urea groups is 1. The van der Waals surface area contributed by atoms with Crippen molar-refractivity contribution in [2.45, 2.75) is 30.0 Å². The van der Waals surface area contributed by atoms with E-state index in [1.165, 1.54) is 18.4 Å². The summed E-state index contributed by atoms with van der Waals surface area (Å²) in [5, 5.41) is 3.09. The van der Waals surface area contributed by atoms with Gasteiger partial charge in [0.2, 0.25) is 0 Å². The molecule has 0 radical (unpaired) electrons. The molecular formula is C14H19FN2O2S2. The molecule has 116 valence electrons. The number of hydrogen-bond donors (Lipinski definition) is 1. The van der Waals surface area contributed by atoms with Gasteiger partial charge in [0, 0.05) is 35.5 Å². The second-order valence-electron chi connectivity index (χ2n) is 5.04. The quantitative estimate of drug-likeness (QED) is 0.907. The van der Waals surface area contributed by atoms with Gasteiger partial charge in [-0.2, -0.15) is 11.8 Å². The zero-order chi connectivity index (χ0) is 15.6. The number of rotatable bonds is 2. The minimum Gasteiger partial charge on any atom is -0.320 e. The van der Waals surface area contributed by atoms with Crippen LogP contribution < -0.4 is 5.32 Å². The Labute approximate surface area is 130 Å². The van der Waals surface area contributed by atoms with E-state index in [-0.39, 0.29) is 17.0 Å². The molecule has 0 saturated carbocycles. The van der Waals surface area contributed by atoms with Crippen molar-refractivity contribution in [2.75, 3.05) is 23.9 Å². The molecule has 1 aliphatic heterocycles. The molecule has 2 rings (SSSR count). The van der Waals surface area contributed by atoms with Crippen LogP contribution in [0.25, 0.3) is 0 Å². The molecule has 0 bridgehead atoms. The molecule has 1 aliphatic rings. The third kappa shape index (κ3) is 3.77. The van der Waals surface area contributed by atoms with E-state index < -0.39 is 16.6 Å². The zero-order valence-electron chi connectivity index (χ0n) is 12.3. The Morgan fingerprint density at radius 2 is 2.19 bits per heavy atom. The van der Waals surface area contributed by atoms with E-state index in [0.29, 0.717) is 17.5 Å². The third-order valence-corrected chi connectivity index (χ3v) is 5.93. The van der Waals surface area contributed by atoms with Gasteiger partial charge in [-0.1, -0.05) is 6.92 Å². The molecule has 3 atom stereocenters. The largest absolute Gasteiger partial charge is 0.322 e. The normalized spacial score (nSPS) is 23.7. The van der Waals surface area contributed by atoms with Gasteiger partial charge in [-0.15, -0.1) is 0 Å². The number of benzene rings is 1. The first kappa shape index (κ1) is 16.3. The molecule has 2 amide bonds. The van der Waals surface area contributed by atoms with Crippen LogP contribution in [0.3, 0.4) is 0 Å². The summed E-state index contributed by atoms with van der Waals surface area (Å²) >= 11 is 1.85. The van der Waals surface area contributed by atoms with Gasteiger partial charge in [0.1, 0.15) is 5.82 Å². The Morgan fingerprint density at radius 1 is 1.48 bits per heavy atom. The SMILES string of the molecule is C[C@@H]1SCCN(C(=O)Nc2ccc([S@](C)=O)c(F)c2)[C@@H]1C. The Kier molecular flexibility index (Phi) is 5.27. The number of hydrogen-bond acceptors (Lipinski definition) is 3. The summed E-state index contributed by atoms with van der Waals surface area (Å²) in [5.74, 6) is 0.338. The maximum Gasteiger partial charge on any atom is 0.322 e. The Balaban J connectivity index is 2.09. The first-order chi connectivity index (χ1) is 9.90. The number of carbonyl (C=O) groups excluding carboxylic acids is 1. The highest BCUT2D eigenvalue weighted by molar-refractivity contribution is 8.00. The van der Waals surface area contributed by atoms with Crippen molar-refractivity contribution in [1.82, 2.24) is 4.90 Å². The van der Waals surface area contributed by atoms with Crippen molar-refractivity contribution in [3.05, 3.63) is 24.0 Å². The maximum atomic E-state index is 13.8. The maximum absolute atomic E-state index is 13.8. The second-order valence-corrected chi connectivity index (χ2v) is 7.87. The van der Waals surface area contributed by atoms with Crippen molar-refractivity contribution in [3.8, 4) is 0 Å². The van der Waals surface area contributed by atoms with Crippen LogP contribution in [0.4, 0.5) is 14.9 Å². The smallest absolute Gasteiger partial charge is 0.320 e. The lowest BCUT2D eigenvalue weighted by molar-refractivity contribution is 0.194.